The Morgan fingerprint density at radius 3 is 2.67 bits per heavy atom. The van der Waals surface area contributed by atoms with Crippen LogP contribution in [-0.2, 0) is 0 Å². The fourth-order valence-electron chi connectivity index (χ4n) is 0.735. The van der Waals surface area contributed by atoms with Gasteiger partial charge in [0.2, 0.25) is 0 Å². The van der Waals surface area contributed by atoms with Gasteiger partial charge in [-0.15, -0.1) is 6.42 Å². The number of hydrogen-bond acceptors (Lipinski definition) is 2. The molecule has 0 spiro atoms. The third-order valence-corrected chi connectivity index (χ3v) is 1.32. The third kappa shape index (κ3) is 1.40. The molecular weight excluding hydrogens is 161 g/mol. The molecule has 0 aliphatic rings. The molecular formula is C8H4FNO2. The first-order chi connectivity index (χ1) is 5.65. The van der Waals surface area contributed by atoms with E-state index in [1.807, 2.05) is 0 Å². The number of rotatable bonds is 1. The second-order valence-corrected chi connectivity index (χ2v) is 2.07. The highest BCUT2D eigenvalue weighted by atomic mass is 19.1. The van der Waals surface area contributed by atoms with E-state index in [-0.39, 0.29) is 11.3 Å². The van der Waals surface area contributed by atoms with Crippen LogP contribution in [0.5, 0.6) is 0 Å². The molecule has 0 bridgehead atoms. The topological polar surface area (TPSA) is 43.1 Å². The summed E-state index contributed by atoms with van der Waals surface area (Å²) in [5.74, 6) is 1.32. The molecule has 4 heteroatoms. The minimum Gasteiger partial charge on any atom is -0.258 e. The number of nitro groups is 1. The van der Waals surface area contributed by atoms with Crippen LogP contribution in [0, 0.1) is 28.3 Å². The highest BCUT2D eigenvalue weighted by Gasteiger charge is 2.08. The molecule has 0 aliphatic heterocycles. The minimum absolute atomic E-state index is 0.0283. The maximum absolute atomic E-state index is 12.8. The SMILES string of the molecule is C#Cc1ccc([N+](=O)[O-])cc1F. The van der Waals surface area contributed by atoms with Crippen molar-refractivity contribution in [1.82, 2.24) is 0 Å². The molecule has 0 aromatic heterocycles. The van der Waals surface area contributed by atoms with Crippen LogP contribution in [0.1, 0.15) is 5.56 Å². The van der Waals surface area contributed by atoms with E-state index in [0.717, 1.165) is 12.1 Å². The maximum atomic E-state index is 12.8. The van der Waals surface area contributed by atoms with Gasteiger partial charge < -0.3 is 0 Å². The molecule has 0 heterocycles. The van der Waals surface area contributed by atoms with Gasteiger partial charge in [0.15, 0.2) is 0 Å². The molecule has 0 saturated carbocycles. The zero-order valence-corrected chi connectivity index (χ0v) is 5.95. The molecule has 0 amide bonds. The minimum atomic E-state index is -0.744. The average molecular weight is 165 g/mol. The smallest absolute Gasteiger partial charge is 0.258 e. The second-order valence-electron chi connectivity index (χ2n) is 2.07. The van der Waals surface area contributed by atoms with Gasteiger partial charge in [0.25, 0.3) is 5.69 Å². The van der Waals surface area contributed by atoms with Crippen LogP contribution < -0.4 is 0 Å². The van der Waals surface area contributed by atoms with E-state index in [1.54, 1.807) is 0 Å². The lowest BCUT2D eigenvalue weighted by atomic mass is 10.2. The number of benzene rings is 1. The van der Waals surface area contributed by atoms with E-state index < -0.39 is 10.7 Å². The number of terminal acetylenes is 1. The molecule has 0 radical (unpaired) electrons. The molecule has 0 saturated heterocycles. The van der Waals surface area contributed by atoms with E-state index in [1.165, 1.54) is 6.07 Å². The molecule has 0 N–H and O–H groups in total. The molecule has 1 aromatic carbocycles. The van der Waals surface area contributed by atoms with Crippen LogP contribution in [0.15, 0.2) is 18.2 Å². The predicted molar refractivity (Wildman–Crippen MR) is 41.0 cm³/mol. The quantitative estimate of drug-likeness (QED) is 0.361. The molecule has 0 atom stereocenters. The van der Waals surface area contributed by atoms with Gasteiger partial charge in [-0.3, -0.25) is 10.1 Å². The van der Waals surface area contributed by atoms with Crippen LogP contribution in [-0.4, -0.2) is 4.92 Å². The lowest BCUT2D eigenvalue weighted by molar-refractivity contribution is -0.385. The highest BCUT2D eigenvalue weighted by Crippen LogP contribution is 2.15. The largest absolute Gasteiger partial charge is 0.272 e. The van der Waals surface area contributed by atoms with Crippen molar-refractivity contribution < 1.29 is 9.31 Å². The van der Waals surface area contributed by atoms with Crippen molar-refractivity contribution in [2.75, 3.05) is 0 Å². The summed E-state index contributed by atoms with van der Waals surface area (Å²) >= 11 is 0. The number of non-ortho nitro benzene ring substituents is 1. The van der Waals surface area contributed by atoms with Crippen LogP contribution in [0.25, 0.3) is 0 Å². The van der Waals surface area contributed by atoms with Gasteiger partial charge in [0.1, 0.15) is 5.82 Å². The molecule has 0 aliphatic carbocycles. The lowest BCUT2D eigenvalue weighted by Gasteiger charge is -1.93. The van der Waals surface area contributed by atoms with Crippen molar-refractivity contribution in [3.63, 3.8) is 0 Å². The summed E-state index contributed by atoms with van der Waals surface area (Å²) in [6.07, 6.45) is 4.92. The Hall–Kier alpha value is -1.89. The molecule has 0 fully saturated rings. The summed E-state index contributed by atoms with van der Waals surface area (Å²) in [6, 6.07) is 3.17. The van der Waals surface area contributed by atoms with Crippen LogP contribution >= 0.6 is 0 Å². The zero-order valence-electron chi connectivity index (χ0n) is 5.95. The van der Waals surface area contributed by atoms with Crippen molar-refractivity contribution in [1.29, 1.82) is 0 Å². The van der Waals surface area contributed by atoms with Gasteiger partial charge >= 0.3 is 0 Å². The van der Waals surface area contributed by atoms with Gasteiger partial charge in [-0.25, -0.2) is 4.39 Å². The fraction of sp³-hybridized carbons (Fsp3) is 0. The van der Waals surface area contributed by atoms with E-state index in [4.69, 9.17) is 6.42 Å². The van der Waals surface area contributed by atoms with Crippen molar-refractivity contribution >= 4 is 5.69 Å². The monoisotopic (exact) mass is 165 g/mol. The fourth-order valence-corrected chi connectivity index (χ4v) is 0.735. The zero-order chi connectivity index (χ0) is 9.14. The Balaban J connectivity index is 3.21. The Morgan fingerprint density at radius 1 is 1.58 bits per heavy atom. The summed E-state index contributed by atoms with van der Waals surface area (Å²) < 4.78 is 12.8. The highest BCUT2D eigenvalue weighted by molar-refractivity contribution is 5.41. The van der Waals surface area contributed by atoms with Crippen LogP contribution in [0.3, 0.4) is 0 Å². The second kappa shape index (κ2) is 3.01. The van der Waals surface area contributed by atoms with Crippen molar-refractivity contribution in [2.45, 2.75) is 0 Å². The Labute approximate surface area is 68.0 Å². The first-order valence-corrected chi connectivity index (χ1v) is 3.05. The first kappa shape index (κ1) is 8.21. The molecule has 60 valence electrons. The van der Waals surface area contributed by atoms with Crippen molar-refractivity contribution in [3.8, 4) is 12.3 Å². The number of hydrogen-bond donors (Lipinski definition) is 0. The Kier molecular flexibility index (Phi) is 2.06. The average Bonchev–Trinajstić information content (AvgIpc) is 2.04. The molecule has 0 unspecified atom stereocenters. The lowest BCUT2D eigenvalue weighted by Crippen LogP contribution is -1.90. The molecule has 12 heavy (non-hydrogen) atoms. The summed E-state index contributed by atoms with van der Waals surface area (Å²) in [6.45, 7) is 0. The van der Waals surface area contributed by atoms with Crippen LogP contribution in [0.4, 0.5) is 10.1 Å². The predicted octanol–water partition coefficient (Wildman–Crippen LogP) is 1.72. The summed E-state index contributed by atoms with van der Waals surface area (Å²) in [4.78, 5) is 9.46. The first-order valence-electron chi connectivity index (χ1n) is 3.05. The van der Waals surface area contributed by atoms with E-state index >= 15 is 0 Å². The van der Waals surface area contributed by atoms with Crippen LogP contribution in [0.2, 0.25) is 0 Å². The Morgan fingerprint density at radius 2 is 2.25 bits per heavy atom. The van der Waals surface area contributed by atoms with Gasteiger partial charge in [0, 0.05) is 6.07 Å². The van der Waals surface area contributed by atoms with Gasteiger partial charge in [0.05, 0.1) is 16.6 Å². The summed E-state index contributed by atoms with van der Waals surface area (Å²) in [5, 5.41) is 10.1. The maximum Gasteiger partial charge on any atom is 0.272 e. The number of halogens is 1. The normalized spacial score (nSPS) is 9.00. The molecule has 1 rings (SSSR count). The number of nitro benzene ring substituents is 1. The van der Waals surface area contributed by atoms with E-state index in [0.29, 0.717) is 0 Å². The van der Waals surface area contributed by atoms with E-state index in [2.05, 4.69) is 5.92 Å². The number of nitrogens with zero attached hydrogens (tertiary/aromatic N) is 1. The molecule has 1 aromatic rings. The van der Waals surface area contributed by atoms with E-state index in [9.17, 15) is 14.5 Å². The standard InChI is InChI=1S/C8H4FNO2/c1-2-6-3-4-7(10(11)12)5-8(6)9/h1,3-5H. The van der Waals surface area contributed by atoms with Gasteiger partial charge in [-0.2, -0.15) is 0 Å². The van der Waals surface area contributed by atoms with Crippen molar-refractivity contribution in [3.05, 3.63) is 39.7 Å². The van der Waals surface area contributed by atoms with Gasteiger partial charge in [-0.1, -0.05) is 5.92 Å². The molecule has 3 nitrogen and oxygen atoms in total. The summed E-state index contributed by atoms with van der Waals surface area (Å²) in [5.41, 5.74) is -0.271. The van der Waals surface area contributed by atoms with Crippen molar-refractivity contribution in [2.24, 2.45) is 0 Å². The third-order valence-electron chi connectivity index (χ3n) is 1.32. The summed E-state index contributed by atoms with van der Waals surface area (Å²) in [7, 11) is 0. The van der Waals surface area contributed by atoms with Gasteiger partial charge in [-0.05, 0) is 6.07 Å². The Bertz CT molecular complexity index is 368.